The molecule has 2 amide bonds. The quantitative estimate of drug-likeness (QED) is 0.537. The fourth-order valence-corrected chi connectivity index (χ4v) is 1.72. The van der Waals surface area contributed by atoms with Gasteiger partial charge < -0.3 is 15.2 Å². The number of aromatic nitrogens is 2. The van der Waals surface area contributed by atoms with E-state index in [9.17, 15) is 19.2 Å². The second-order valence-electron chi connectivity index (χ2n) is 3.89. The highest BCUT2D eigenvalue weighted by Gasteiger charge is 2.20. The van der Waals surface area contributed by atoms with Crippen LogP contribution < -0.4 is 16.6 Å². The van der Waals surface area contributed by atoms with Crippen LogP contribution in [-0.4, -0.2) is 46.3 Å². The number of hydrogen-bond donors (Lipinski definition) is 3. The average Bonchev–Trinajstić information content (AvgIpc) is 2.52. The van der Waals surface area contributed by atoms with Gasteiger partial charge in [-0.3, -0.25) is 19.4 Å². The molecule has 0 aliphatic carbocycles. The molecule has 0 unspecified atom stereocenters. The number of hydrogen-bond acceptors (Lipinski definition) is 4. The zero-order valence-corrected chi connectivity index (χ0v) is 9.49. The standard InChI is InChI=1S/C10H12N4O4/c15-7-1-3-14(4-2-11-7)9(17)6-5-8(16)13-10(18)12-6/h5H,1-4H2,(H,11,15)(H2,12,13,16,18). The Hall–Kier alpha value is -2.38. The fourth-order valence-electron chi connectivity index (χ4n) is 1.72. The highest BCUT2D eigenvalue weighted by atomic mass is 16.2. The van der Waals surface area contributed by atoms with E-state index in [1.165, 1.54) is 4.90 Å². The normalized spacial score (nSPS) is 16.0. The predicted octanol–water partition coefficient (Wildman–Crippen LogP) is -1.97. The molecule has 1 aromatic heterocycles. The maximum absolute atomic E-state index is 12.0. The minimum atomic E-state index is -0.727. The zero-order chi connectivity index (χ0) is 13.1. The molecule has 0 saturated carbocycles. The lowest BCUT2D eigenvalue weighted by atomic mass is 10.3. The summed E-state index contributed by atoms with van der Waals surface area (Å²) in [5.74, 6) is -0.584. The summed E-state index contributed by atoms with van der Waals surface area (Å²) in [7, 11) is 0. The highest BCUT2D eigenvalue weighted by molar-refractivity contribution is 5.92. The number of aromatic amines is 2. The number of carbonyl (C=O) groups excluding carboxylic acids is 2. The molecule has 1 aliphatic heterocycles. The minimum Gasteiger partial charge on any atom is -0.354 e. The Bertz CT molecular complexity index is 560. The SMILES string of the molecule is O=C1CCN(C(=O)c2cc(=O)[nH]c(=O)[nH]2)CCN1. The van der Waals surface area contributed by atoms with Crippen molar-refractivity contribution in [2.75, 3.05) is 19.6 Å². The van der Waals surface area contributed by atoms with E-state index in [0.29, 0.717) is 13.1 Å². The first kappa shape index (κ1) is 12.1. The van der Waals surface area contributed by atoms with Crippen LogP contribution in [0.3, 0.4) is 0 Å². The maximum Gasteiger partial charge on any atom is 0.326 e. The molecule has 0 radical (unpaired) electrons. The molecule has 2 rings (SSSR count). The van der Waals surface area contributed by atoms with Crippen molar-refractivity contribution in [3.63, 3.8) is 0 Å². The summed E-state index contributed by atoms with van der Waals surface area (Å²) >= 11 is 0. The van der Waals surface area contributed by atoms with Crippen LogP contribution in [0.2, 0.25) is 0 Å². The highest BCUT2D eigenvalue weighted by Crippen LogP contribution is 2.02. The summed E-state index contributed by atoms with van der Waals surface area (Å²) in [5.41, 5.74) is -1.43. The molecule has 8 heteroatoms. The second kappa shape index (κ2) is 4.86. The number of amides is 2. The fraction of sp³-hybridized carbons (Fsp3) is 0.400. The van der Waals surface area contributed by atoms with Crippen molar-refractivity contribution in [2.45, 2.75) is 6.42 Å². The molecule has 0 atom stereocenters. The summed E-state index contributed by atoms with van der Waals surface area (Å²) < 4.78 is 0. The molecule has 8 nitrogen and oxygen atoms in total. The molecule has 1 aliphatic rings. The Balaban J connectivity index is 2.22. The van der Waals surface area contributed by atoms with Crippen molar-refractivity contribution < 1.29 is 9.59 Å². The van der Waals surface area contributed by atoms with E-state index >= 15 is 0 Å². The van der Waals surface area contributed by atoms with Gasteiger partial charge in [-0.15, -0.1) is 0 Å². The molecule has 96 valence electrons. The van der Waals surface area contributed by atoms with E-state index in [0.717, 1.165) is 6.07 Å². The van der Waals surface area contributed by atoms with E-state index in [1.54, 1.807) is 0 Å². The molecule has 18 heavy (non-hydrogen) atoms. The molecule has 0 aromatic carbocycles. The van der Waals surface area contributed by atoms with Gasteiger partial charge >= 0.3 is 5.69 Å². The van der Waals surface area contributed by atoms with Crippen LogP contribution in [0.15, 0.2) is 15.7 Å². The number of H-pyrrole nitrogens is 2. The van der Waals surface area contributed by atoms with E-state index in [4.69, 9.17) is 0 Å². The topological polar surface area (TPSA) is 115 Å². The molecule has 2 heterocycles. The largest absolute Gasteiger partial charge is 0.354 e. The molecule has 0 spiro atoms. The van der Waals surface area contributed by atoms with Gasteiger partial charge in [0.25, 0.3) is 11.5 Å². The first-order valence-corrected chi connectivity index (χ1v) is 5.46. The first-order chi connectivity index (χ1) is 8.56. The van der Waals surface area contributed by atoms with E-state index in [1.807, 2.05) is 4.98 Å². The summed E-state index contributed by atoms with van der Waals surface area (Å²) in [6, 6.07) is 1.03. The van der Waals surface area contributed by atoms with Crippen molar-refractivity contribution in [3.8, 4) is 0 Å². The number of rotatable bonds is 1. The molecule has 1 fully saturated rings. The first-order valence-electron chi connectivity index (χ1n) is 5.46. The maximum atomic E-state index is 12.0. The second-order valence-corrected chi connectivity index (χ2v) is 3.89. The lowest BCUT2D eigenvalue weighted by molar-refractivity contribution is -0.120. The lowest BCUT2D eigenvalue weighted by Crippen LogP contribution is -2.37. The molecule has 0 bridgehead atoms. The number of nitrogens with zero attached hydrogens (tertiary/aromatic N) is 1. The van der Waals surface area contributed by atoms with Gasteiger partial charge in [-0.05, 0) is 0 Å². The minimum absolute atomic E-state index is 0.0712. The van der Waals surface area contributed by atoms with Crippen LogP contribution >= 0.6 is 0 Å². The average molecular weight is 252 g/mol. The van der Waals surface area contributed by atoms with Crippen molar-refractivity contribution >= 4 is 11.8 Å². The van der Waals surface area contributed by atoms with Crippen molar-refractivity contribution in [1.82, 2.24) is 20.2 Å². The zero-order valence-electron chi connectivity index (χ0n) is 9.49. The van der Waals surface area contributed by atoms with Crippen LogP contribution in [0.5, 0.6) is 0 Å². The molecule has 1 aromatic rings. The van der Waals surface area contributed by atoms with Gasteiger partial charge in [0.1, 0.15) is 5.69 Å². The van der Waals surface area contributed by atoms with Crippen molar-refractivity contribution in [3.05, 3.63) is 32.6 Å². The van der Waals surface area contributed by atoms with Gasteiger partial charge in [-0.1, -0.05) is 0 Å². The van der Waals surface area contributed by atoms with Gasteiger partial charge in [0.05, 0.1) is 0 Å². The smallest absolute Gasteiger partial charge is 0.326 e. The molecule has 3 N–H and O–H groups in total. The number of carbonyl (C=O) groups is 2. The third-order valence-corrected chi connectivity index (χ3v) is 2.59. The van der Waals surface area contributed by atoms with Crippen LogP contribution in [0.25, 0.3) is 0 Å². The Morgan fingerprint density at radius 2 is 1.94 bits per heavy atom. The lowest BCUT2D eigenvalue weighted by Gasteiger charge is -2.18. The van der Waals surface area contributed by atoms with Crippen molar-refractivity contribution in [2.24, 2.45) is 0 Å². The van der Waals surface area contributed by atoms with E-state index in [2.05, 4.69) is 10.3 Å². The Morgan fingerprint density at radius 1 is 1.17 bits per heavy atom. The monoisotopic (exact) mass is 252 g/mol. The van der Waals surface area contributed by atoms with Crippen LogP contribution in [0.1, 0.15) is 16.9 Å². The van der Waals surface area contributed by atoms with Gasteiger partial charge in [-0.2, -0.15) is 0 Å². The van der Waals surface area contributed by atoms with E-state index in [-0.39, 0.29) is 24.6 Å². The van der Waals surface area contributed by atoms with Crippen LogP contribution in [0, 0.1) is 0 Å². The van der Waals surface area contributed by atoms with Crippen LogP contribution in [0.4, 0.5) is 0 Å². The third kappa shape index (κ3) is 2.65. The van der Waals surface area contributed by atoms with Gasteiger partial charge in [0.15, 0.2) is 0 Å². The summed E-state index contributed by atoms with van der Waals surface area (Å²) in [4.78, 5) is 51.0. The Kier molecular flexibility index (Phi) is 3.26. The summed E-state index contributed by atoms with van der Waals surface area (Å²) in [6.07, 6.45) is 0.208. The Morgan fingerprint density at radius 3 is 2.67 bits per heavy atom. The molecule has 1 saturated heterocycles. The van der Waals surface area contributed by atoms with Gasteiger partial charge in [0, 0.05) is 32.1 Å². The van der Waals surface area contributed by atoms with E-state index < -0.39 is 17.2 Å². The third-order valence-electron chi connectivity index (χ3n) is 2.59. The van der Waals surface area contributed by atoms with Gasteiger partial charge in [0.2, 0.25) is 5.91 Å². The summed E-state index contributed by atoms with van der Waals surface area (Å²) in [5, 5.41) is 2.63. The molecular weight excluding hydrogens is 240 g/mol. The van der Waals surface area contributed by atoms with Crippen LogP contribution in [-0.2, 0) is 4.79 Å². The molecular formula is C10H12N4O4. The predicted molar refractivity (Wildman–Crippen MR) is 61.2 cm³/mol. The van der Waals surface area contributed by atoms with Gasteiger partial charge in [-0.25, -0.2) is 4.79 Å². The van der Waals surface area contributed by atoms with Crippen molar-refractivity contribution in [1.29, 1.82) is 0 Å². The summed E-state index contributed by atoms with van der Waals surface area (Å²) in [6.45, 7) is 0.969. The Labute approximate surface area is 101 Å². The number of nitrogens with one attached hydrogen (secondary N) is 3.